The highest BCUT2D eigenvalue weighted by Crippen LogP contribution is 2.29. The summed E-state index contributed by atoms with van der Waals surface area (Å²) in [5, 5.41) is 7.67. The van der Waals surface area contributed by atoms with Gasteiger partial charge in [-0.1, -0.05) is 19.4 Å². The fraction of sp³-hybridized carbons (Fsp3) is 0.429. The molecule has 0 saturated carbocycles. The molecule has 0 aromatic heterocycles. The number of thiocarbonyl (C=S) groups is 1. The van der Waals surface area contributed by atoms with Gasteiger partial charge in [-0.05, 0) is 30.8 Å². The smallest absolute Gasteiger partial charge is 0.186 e. The molecule has 0 aliphatic heterocycles. The van der Waals surface area contributed by atoms with E-state index in [0.29, 0.717) is 16.6 Å². The highest BCUT2D eigenvalue weighted by molar-refractivity contribution is 7.80. The van der Waals surface area contributed by atoms with E-state index in [9.17, 15) is 0 Å². The Kier molecular flexibility index (Phi) is 7.42. The minimum atomic E-state index is 0.511. The highest BCUT2D eigenvalue weighted by Gasteiger charge is 2.07. The van der Waals surface area contributed by atoms with E-state index in [1.807, 2.05) is 18.2 Å². The summed E-state index contributed by atoms with van der Waals surface area (Å²) >= 11 is 5.10. The van der Waals surface area contributed by atoms with Gasteiger partial charge in [0.25, 0.3) is 0 Å². The third kappa shape index (κ3) is 5.05. The molecule has 110 valence electrons. The molecule has 6 heteroatoms. The van der Waals surface area contributed by atoms with Gasteiger partial charge in [0, 0.05) is 12.1 Å². The molecule has 0 aliphatic rings. The first kappa shape index (κ1) is 16.2. The molecule has 0 saturated heterocycles. The van der Waals surface area contributed by atoms with Crippen molar-refractivity contribution in [3.8, 4) is 11.5 Å². The second kappa shape index (κ2) is 9.14. The predicted molar refractivity (Wildman–Crippen MR) is 85.8 cm³/mol. The first-order chi connectivity index (χ1) is 9.72. The SMILES string of the molecule is CCCCNC(=S)N/N=C\c1cccc(OC)c1OC. The van der Waals surface area contributed by atoms with Crippen molar-refractivity contribution >= 4 is 23.5 Å². The second-order valence-corrected chi connectivity index (χ2v) is 4.47. The summed E-state index contributed by atoms with van der Waals surface area (Å²) in [4.78, 5) is 0. The number of nitrogens with zero attached hydrogens (tertiary/aromatic N) is 1. The molecule has 0 spiro atoms. The summed E-state index contributed by atoms with van der Waals surface area (Å²) in [6.45, 7) is 2.98. The number of hydrazone groups is 1. The monoisotopic (exact) mass is 295 g/mol. The molecular weight excluding hydrogens is 274 g/mol. The summed E-state index contributed by atoms with van der Waals surface area (Å²) in [5.74, 6) is 1.31. The number of ether oxygens (including phenoxy) is 2. The maximum absolute atomic E-state index is 5.31. The predicted octanol–water partition coefficient (Wildman–Crippen LogP) is 2.30. The van der Waals surface area contributed by atoms with Crippen molar-refractivity contribution in [1.29, 1.82) is 0 Å². The van der Waals surface area contributed by atoms with Crippen molar-refractivity contribution in [1.82, 2.24) is 10.7 Å². The molecule has 2 N–H and O–H groups in total. The van der Waals surface area contributed by atoms with E-state index in [0.717, 1.165) is 24.9 Å². The summed E-state index contributed by atoms with van der Waals surface area (Å²) < 4.78 is 10.5. The standard InChI is InChI=1S/C14H21N3O2S/c1-4-5-9-15-14(20)17-16-10-11-7-6-8-12(18-2)13(11)19-3/h6-8,10H,4-5,9H2,1-3H3,(H2,15,17,20)/b16-10-. The fourth-order valence-corrected chi connectivity index (χ4v) is 1.75. The molecule has 20 heavy (non-hydrogen) atoms. The number of unbranched alkanes of at least 4 members (excludes halogenated alkanes) is 1. The van der Waals surface area contributed by atoms with E-state index in [2.05, 4.69) is 22.8 Å². The van der Waals surface area contributed by atoms with Crippen LogP contribution in [0.25, 0.3) is 0 Å². The number of hydrogen-bond donors (Lipinski definition) is 2. The van der Waals surface area contributed by atoms with Crippen molar-refractivity contribution < 1.29 is 9.47 Å². The maximum Gasteiger partial charge on any atom is 0.186 e. The van der Waals surface area contributed by atoms with Gasteiger partial charge in [0.15, 0.2) is 16.6 Å². The van der Waals surface area contributed by atoms with Gasteiger partial charge in [-0.25, -0.2) is 0 Å². The quantitative estimate of drug-likeness (QED) is 0.350. The first-order valence-electron chi connectivity index (χ1n) is 6.50. The Labute approximate surface area is 125 Å². The highest BCUT2D eigenvalue weighted by atomic mass is 32.1. The van der Waals surface area contributed by atoms with Crippen molar-refractivity contribution in [2.75, 3.05) is 20.8 Å². The number of nitrogens with one attached hydrogen (secondary N) is 2. The average Bonchev–Trinajstić information content (AvgIpc) is 2.47. The molecule has 0 bridgehead atoms. The third-order valence-corrected chi connectivity index (χ3v) is 2.85. The molecule has 0 amide bonds. The van der Waals surface area contributed by atoms with Crippen LogP contribution in [0.15, 0.2) is 23.3 Å². The number of rotatable bonds is 7. The van der Waals surface area contributed by atoms with Crippen LogP contribution in [-0.4, -0.2) is 32.1 Å². The van der Waals surface area contributed by atoms with Gasteiger partial charge >= 0.3 is 0 Å². The molecule has 0 fully saturated rings. The van der Waals surface area contributed by atoms with Gasteiger partial charge < -0.3 is 14.8 Å². The van der Waals surface area contributed by atoms with Crippen molar-refractivity contribution in [3.05, 3.63) is 23.8 Å². The summed E-state index contributed by atoms with van der Waals surface area (Å²) in [6, 6.07) is 5.60. The van der Waals surface area contributed by atoms with E-state index < -0.39 is 0 Å². The molecule has 0 aliphatic carbocycles. The van der Waals surface area contributed by atoms with Crippen LogP contribution in [0.4, 0.5) is 0 Å². The fourth-order valence-electron chi connectivity index (χ4n) is 1.59. The molecule has 0 radical (unpaired) electrons. The maximum atomic E-state index is 5.31. The minimum Gasteiger partial charge on any atom is -0.493 e. The van der Waals surface area contributed by atoms with Gasteiger partial charge in [-0.3, -0.25) is 5.43 Å². The molecule has 1 aromatic rings. The lowest BCUT2D eigenvalue weighted by atomic mass is 10.2. The molecule has 0 unspecified atom stereocenters. The molecule has 0 atom stereocenters. The minimum absolute atomic E-state index is 0.511. The Balaban J connectivity index is 2.60. The van der Waals surface area contributed by atoms with Crippen LogP contribution in [0.2, 0.25) is 0 Å². The third-order valence-electron chi connectivity index (χ3n) is 2.62. The van der Waals surface area contributed by atoms with E-state index in [4.69, 9.17) is 21.7 Å². The van der Waals surface area contributed by atoms with Crippen molar-refractivity contribution in [3.63, 3.8) is 0 Å². The van der Waals surface area contributed by atoms with Gasteiger partial charge in [0.2, 0.25) is 0 Å². The molecular formula is C14H21N3O2S. The van der Waals surface area contributed by atoms with Gasteiger partial charge in [0.05, 0.1) is 20.4 Å². The van der Waals surface area contributed by atoms with Crippen LogP contribution in [0.3, 0.4) is 0 Å². The largest absolute Gasteiger partial charge is 0.493 e. The number of methoxy groups -OCH3 is 2. The molecule has 0 heterocycles. The number of hydrogen-bond acceptors (Lipinski definition) is 4. The van der Waals surface area contributed by atoms with Gasteiger partial charge in [-0.15, -0.1) is 0 Å². The van der Waals surface area contributed by atoms with E-state index >= 15 is 0 Å². The Morgan fingerprint density at radius 1 is 1.35 bits per heavy atom. The van der Waals surface area contributed by atoms with Crippen LogP contribution < -0.4 is 20.2 Å². The number of benzene rings is 1. The van der Waals surface area contributed by atoms with E-state index in [1.54, 1.807) is 20.4 Å². The topological polar surface area (TPSA) is 54.9 Å². The lowest BCUT2D eigenvalue weighted by molar-refractivity contribution is 0.354. The average molecular weight is 295 g/mol. The van der Waals surface area contributed by atoms with Gasteiger partial charge in [0.1, 0.15) is 0 Å². The molecule has 1 rings (SSSR count). The van der Waals surface area contributed by atoms with Crippen LogP contribution in [0, 0.1) is 0 Å². The van der Waals surface area contributed by atoms with Crippen LogP contribution >= 0.6 is 12.2 Å². The Bertz CT molecular complexity index is 464. The second-order valence-electron chi connectivity index (χ2n) is 4.06. The Morgan fingerprint density at radius 2 is 2.15 bits per heavy atom. The lowest BCUT2D eigenvalue weighted by Crippen LogP contribution is -2.32. The van der Waals surface area contributed by atoms with Crippen molar-refractivity contribution in [2.24, 2.45) is 5.10 Å². The van der Waals surface area contributed by atoms with Gasteiger partial charge in [-0.2, -0.15) is 5.10 Å². The van der Waals surface area contributed by atoms with Crippen LogP contribution in [0.5, 0.6) is 11.5 Å². The Morgan fingerprint density at radius 3 is 2.80 bits per heavy atom. The normalized spacial score (nSPS) is 10.3. The summed E-state index contributed by atoms with van der Waals surface area (Å²) in [7, 11) is 3.20. The number of para-hydroxylation sites is 1. The van der Waals surface area contributed by atoms with Crippen molar-refractivity contribution in [2.45, 2.75) is 19.8 Å². The van der Waals surface area contributed by atoms with E-state index in [-0.39, 0.29) is 0 Å². The zero-order valence-electron chi connectivity index (χ0n) is 12.1. The summed E-state index contributed by atoms with van der Waals surface area (Å²) in [5.41, 5.74) is 3.59. The molecule has 5 nitrogen and oxygen atoms in total. The molecule has 1 aromatic carbocycles. The first-order valence-corrected chi connectivity index (χ1v) is 6.91. The zero-order valence-corrected chi connectivity index (χ0v) is 12.9. The van der Waals surface area contributed by atoms with Crippen LogP contribution in [0.1, 0.15) is 25.3 Å². The Hall–Kier alpha value is -1.82. The zero-order chi connectivity index (χ0) is 14.8. The lowest BCUT2D eigenvalue weighted by Gasteiger charge is -2.09. The van der Waals surface area contributed by atoms with E-state index in [1.165, 1.54) is 0 Å². The van der Waals surface area contributed by atoms with Crippen LogP contribution in [-0.2, 0) is 0 Å². The summed E-state index contributed by atoms with van der Waals surface area (Å²) in [6.07, 6.45) is 3.85.